The number of aliphatic hydroxyl groups is 2. The molecule has 2 N–H and O–H groups in total. The van der Waals surface area contributed by atoms with Crippen molar-refractivity contribution >= 4 is 0 Å². The molecule has 0 aliphatic carbocycles. The van der Waals surface area contributed by atoms with Crippen LogP contribution in [0.25, 0.3) is 0 Å². The highest BCUT2D eigenvalue weighted by molar-refractivity contribution is 5.43. The Kier molecular flexibility index (Phi) is 4.80. The Bertz CT molecular complexity index is 419. The molecule has 2 rings (SSSR count). The topological polar surface area (TPSA) is 58.9 Å². The molecule has 0 aromatic heterocycles. The van der Waals surface area contributed by atoms with E-state index in [9.17, 15) is 10.2 Å². The molecule has 1 aromatic carbocycles. The average Bonchev–Trinajstić information content (AvgIpc) is 2.82. The van der Waals surface area contributed by atoms with Gasteiger partial charge in [-0.05, 0) is 18.1 Å². The number of hydrogen-bond acceptors (Lipinski definition) is 4. The molecule has 0 bridgehead atoms. The quantitative estimate of drug-likeness (QED) is 0.828. The number of fused-ring (bicyclic) bond motifs is 1. The lowest BCUT2D eigenvalue weighted by molar-refractivity contribution is -0.0336. The predicted molar refractivity (Wildman–Crippen MR) is 72.1 cm³/mol. The first-order valence-corrected chi connectivity index (χ1v) is 6.80. The van der Waals surface area contributed by atoms with Gasteiger partial charge in [0, 0.05) is 12.0 Å². The van der Waals surface area contributed by atoms with Crippen molar-refractivity contribution in [2.24, 2.45) is 0 Å². The van der Waals surface area contributed by atoms with Crippen LogP contribution in [0, 0.1) is 0 Å². The second-order valence-electron chi connectivity index (χ2n) is 4.99. The fraction of sp³-hybridized carbons (Fsp3) is 0.600. The summed E-state index contributed by atoms with van der Waals surface area (Å²) in [7, 11) is 1.63. The van der Waals surface area contributed by atoms with E-state index in [1.807, 2.05) is 25.1 Å². The molecule has 0 amide bonds. The molecule has 4 heteroatoms. The predicted octanol–water partition coefficient (Wildman–Crippen LogP) is 2.18. The Hall–Kier alpha value is -1.10. The summed E-state index contributed by atoms with van der Waals surface area (Å²) in [5.41, 5.74) is 2.11. The van der Waals surface area contributed by atoms with Crippen molar-refractivity contribution in [3.8, 4) is 5.75 Å². The van der Waals surface area contributed by atoms with Gasteiger partial charge >= 0.3 is 0 Å². The number of ether oxygens (including phenoxy) is 2. The average molecular weight is 266 g/mol. The molecule has 0 radical (unpaired) electrons. The van der Waals surface area contributed by atoms with Gasteiger partial charge in [0.05, 0.1) is 32.0 Å². The minimum Gasteiger partial charge on any atom is -0.496 e. The molecule has 0 fully saturated rings. The van der Waals surface area contributed by atoms with Crippen LogP contribution in [0.4, 0.5) is 0 Å². The third kappa shape index (κ3) is 3.08. The Morgan fingerprint density at radius 1 is 1.37 bits per heavy atom. The van der Waals surface area contributed by atoms with E-state index in [1.54, 1.807) is 7.11 Å². The van der Waals surface area contributed by atoms with E-state index in [0.717, 1.165) is 23.3 Å². The molecular weight excluding hydrogens is 244 g/mol. The van der Waals surface area contributed by atoms with Gasteiger partial charge in [0.2, 0.25) is 0 Å². The van der Waals surface area contributed by atoms with Crippen LogP contribution in [0.5, 0.6) is 5.75 Å². The summed E-state index contributed by atoms with van der Waals surface area (Å²) in [6, 6.07) is 5.84. The monoisotopic (exact) mass is 266 g/mol. The van der Waals surface area contributed by atoms with Gasteiger partial charge in [-0.25, -0.2) is 0 Å². The fourth-order valence-electron chi connectivity index (χ4n) is 2.58. The summed E-state index contributed by atoms with van der Waals surface area (Å²) < 4.78 is 11.1. The van der Waals surface area contributed by atoms with Crippen LogP contribution in [0.15, 0.2) is 18.2 Å². The lowest BCUT2D eigenvalue weighted by Crippen LogP contribution is -2.27. The number of benzene rings is 1. The second-order valence-corrected chi connectivity index (χ2v) is 4.99. The highest BCUT2D eigenvalue weighted by atomic mass is 16.5. The van der Waals surface area contributed by atoms with Crippen molar-refractivity contribution in [3.63, 3.8) is 0 Å². The van der Waals surface area contributed by atoms with Crippen molar-refractivity contribution in [1.29, 1.82) is 0 Å². The summed E-state index contributed by atoms with van der Waals surface area (Å²) in [6.45, 7) is 2.52. The molecule has 1 aromatic rings. The first-order valence-electron chi connectivity index (χ1n) is 6.80. The summed E-state index contributed by atoms with van der Waals surface area (Å²) in [6.07, 6.45) is 0.200. The number of hydrogen-bond donors (Lipinski definition) is 2. The molecule has 1 heterocycles. The van der Waals surface area contributed by atoms with E-state index in [-0.39, 0.29) is 6.10 Å². The van der Waals surface area contributed by atoms with Crippen molar-refractivity contribution in [1.82, 2.24) is 0 Å². The Morgan fingerprint density at radius 3 is 2.84 bits per heavy atom. The van der Waals surface area contributed by atoms with E-state index in [2.05, 4.69) is 0 Å². The molecule has 3 atom stereocenters. The van der Waals surface area contributed by atoms with Gasteiger partial charge in [-0.1, -0.05) is 25.5 Å². The van der Waals surface area contributed by atoms with Gasteiger partial charge < -0.3 is 19.7 Å². The normalized spacial score (nSPS) is 20.9. The number of methoxy groups -OCH3 is 1. The van der Waals surface area contributed by atoms with E-state index in [1.165, 1.54) is 0 Å². The summed E-state index contributed by atoms with van der Waals surface area (Å²) in [4.78, 5) is 0. The molecule has 4 nitrogen and oxygen atoms in total. The van der Waals surface area contributed by atoms with Crippen LogP contribution in [-0.2, 0) is 11.3 Å². The Balaban J connectivity index is 2.09. The Morgan fingerprint density at radius 2 is 2.16 bits per heavy atom. The highest BCUT2D eigenvalue weighted by Crippen LogP contribution is 2.40. The highest BCUT2D eigenvalue weighted by Gasteiger charge is 2.30. The second kappa shape index (κ2) is 6.37. The molecule has 106 valence electrons. The number of aliphatic hydroxyl groups excluding tert-OH is 2. The molecule has 0 spiro atoms. The maximum Gasteiger partial charge on any atom is 0.125 e. The molecule has 1 aliphatic heterocycles. The van der Waals surface area contributed by atoms with E-state index in [0.29, 0.717) is 19.4 Å². The Labute approximate surface area is 114 Å². The maximum atomic E-state index is 10.0. The van der Waals surface area contributed by atoms with Gasteiger partial charge in [0.1, 0.15) is 5.75 Å². The van der Waals surface area contributed by atoms with Crippen LogP contribution in [-0.4, -0.2) is 29.5 Å². The minimum atomic E-state index is -0.763. The summed E-state index contributed by atoms with van der Waals surface area (Å²) in [5, 5.41) is 19.8. The summed E-state index contributed by atoms with van der Waals surface area (Å²) >= 11 is 0. The lowest BCUT2D eigenvalue weighted by atomic mass is 9.96. The smallest absolute Gasteiger partial charge is 0.125 e. The van der Waals surface area contributed by atoms with Crippen molar-refractivity contribution in [2.75, 3.05) is 7.11 Å². The first kappa shape index (κ1) is 14.3. The third-order valence-electron chi connectivity index (χ3n) is 3.62. The zero-order valence-corrected chi connectivity index (χ0v) is 11.5. The SMILES string of the molecule is CCC[C@H](O)[C@H](O)C[C@H]1OCc2cccc(OC)c21. The zero-order valence-electron chi connectivity index (χ0n) is 11.5. The molecule has 1 aliphatic rings. The lowest BCUT2D eigenvalue weighted by Gasteiger charge is -2.21. The van der Waals surface area contributed by atoms with Crippen LogP contribution in [0.2, 0.25) is 0 Å². The number of rotatable bonds is 6. The van der Waals surface area contributed by atoms with Crippen molar-refractivity contribution < 1.29 is 19.7 Å². The minimum absolute atomic E-state index is 0.201. The maximum absolute atomic E-state index is 10.0. The zero-order chi connectivity index (χ0) is 13.8. The van der Waals surface area contributed by atoms with Crippen molar-refractivity contribution in [2.45, 2.75) is 51.1 Å². The fourth-order valence-corrected chi connectivity index (χ4v) is 2.58. The van der Waals surface area contributed by atoms with Crippen LogP contribution >= 0.6 is 0 Å². The van der Waals surface area contributed by atoms with Gasteiger partial charge in [-0.3, -0.25) is 0 Å². The summed E-state index contributed by atoms with van der Waals surface area (Å²) in [5.74, 6) is 0.789. The van der Waals surface area contributed by atoms with Crippen LogP contribution in [0.3, 0.4) is 0 Å². The van der Waals surface area contributed by atoms with E-state index in [4.69, 9.17) is 9.47 Å². The van der Waals surface area contributed by atoms with Gasteiger partial charge in [0.25, 0.3) is 0 Å². The third-order valence-corrected chi connectivity index (χ3v) is 3.62. The standard InChI is InChI=1S/C15H22O4/c1-3-5-11(16)12(17)8-14-15-10(9-19-14)6-4-7-13(15)18-2/h4,6-7,11-12,14,16-17H,3,5,8-9H2,1-2H3/t11-,12+,14+/m0/s1. The van der Waals surface area contributed by atoms with Crippen molar-refractivity contribution in [3.05, 3.63) is 29.3 Å². The molecule has 19 heavy (non-hydrogen) atoms. The van der Waals surface area contributed by atoms with Gasteiger partial charge in [-0.15, -0.1) is 0 Å². The van der Waals surface area contributed by atoms with Crippen LogP contribution < -0.4 is 4.74 Å². The first-order chi connectivity index (χ1) is 9.17. The molecule has 0 saturated heterocycles. The largest absolute Gasteiger partial charge is 0.496 e. The van der Waals surface area contributed by atoms with Gasteiger partial charge in [-0.2, -0.15) is 0 Å². The van der Waals surface area contributed by atoms with Gasteiger partial charge in [0.15, 0.2) is 0 Å². The van der Waals surface area contributed by atoms with E-state index < -0.39 is 12.2 Å². The van der Waals surface area contributed by atoms with Crippen LogP contribution in [0.1, 0.15) is 43.4 Å². The van der Waals surface area contributed by atoms with E-state index >= 15 is 0 Å². The molecular formula is C15H22O4. The molecule has 0 saturated carbocycles. The molecule has 0 unspecified atom stereocenters.